The maximum absolute atomic E-state index is 6.04. The molecule has 0 aliphatic carbocycles. The van der Waals surface area contributed by atoms with Crippen LogP contribution in [0.4, 0.5) is 0 Å². The van der Waals surface area contributed by atoms with Crippen molar-refractivity contribution in [3.05, 3.63) is 29.8 Å². The van der Waals surface area contributed by atoms with Crippen LogP contribution in [0.3, 0.4) is 0 Å². The summed E-state index contributed by atoms with van der Waals surface area (Å²) in [5, 5.41) is 0. The Labute approximate surface area is 128 Å². The van der Waals surface area contributed by atoms with E-state index in [4.69, 9.17) is 10.5 Å². The summed E-state index contributed by atoms with van der Waals surface area (Å²) in [6.07, 6.45) is 3.32. The fraction of sp³-hybridized carbons (Fsp3) is 0.588. The van der Waals surface area contributed by atoms with E-state index >= 15 is 0 Å². The summed E-state index contributed by atoms with van der Waals surface area (Å²) in [7, 11) is 0. The van der Waals surface area contributed by atoms with Crippen LogP contribution in [-0.2, 0) is 0 Å². The molecule has 0 unspecified atom stereocenters. The van der Waals surface area contributed by atoms with E-state index in [1.807, 2.05) is 12.1 Å². The molecule has 4 heteroatoms. The lowest BCUT2D eigenvalue weighted by Crippen LogP contribution is -2.42. The Morgan fingerprint density at radius 1 is 1.29 bits per heavy atom. The number of guanidine groups is 1. The number of rotatable bonds is 5. The molecule has 4 nitrogen and oxygen atoms in total. The number of piperidine rings is 1. The normalized spacial score (nSPS) is 17.0. The number of nitrogens with zero attached hydrogens (tertiary/aromatic N) is 2. The molecule has 21 heavy (non-hydrogen) atoms. The van der Waals surface area contributed by atoms with Gasteiger partial charge in [-0.3, -0.25) is 4.99 Å². The second kappa shape index (κ2) is 7.91. The standard InChI is InChI=1S/C17H27N3O/c1-14-4-6-16(7-5-14)21-13-3-10-19-17(18)20-11-8-15(2)9-12-20/h4-7,15H,3,8-13H2,1-2H3,(H2,18,19). The van der Waals surface area contributed by atoms with E-state index in [0.717, 1.165) is 37.7 Å². The van der Waals surface area contributed by atoms with Crippen LogP contribution >= 0.6 is 0 Å². The molecule has 0 atom stereocenters. The molecule has 0 spiro atoms. The predicted molar refractivity (Wildman–Crippen MR) is 87.8 cm³/mol. The number of likely N-dealkylation sites (tertiary alicyclic amines) is 1. The van der Waals surface area contributed by atoms with Gasteiger partial charge in [0.05, 0.1) is 6.61 Å². The van der Waals surface area contributed by atoms with Crippen molar-refractivity contribution in [3.8, 4) is 5.75 Å². The highest BCUT2D eigenvalue weighted by Gasteiger charge is 2.16. The van der Waals surface area contributed by atoms with Crippen molar-refractivity contribution < 1.29 is 4.74 Å². The van der Waals surface area contributed by atoms with Crippen molar-refractivity contribution in [1.82, 2.24) is 4.90 Å². The van der Waals surface area contributed by atoms with E-state index < -0.39 is 0 Å². The number of aliphatic imine (C=N–C) groups is 1. The lowest BCUT2D eigenvalue weighted by molar-refractivity contribution is 0.277. The molecule has 1 fully saturated rings. The fourth-order valence-electron chi connectivity index (χ4n) is 2.42. The quantitative estimate of drug-likeness (QED) is 0.515. The molecule has 1 aliphatic heterocycles. The summed E-state index contributed by atoms with van der Waals surface area (Å²) >= 11 is 0. The first-order valence-electron chi connectivity index (χ1n) is 7.89. The van der Waals surface area contributed by atoms with E-state index in [0.29, 0.717) is 12.6 Å². The summed E-state index contributed by atoms with van der Waals surface area (Å²) < 4.78 is 5.68. The Morgan fingerprint density at radius 2 is 1.95 bits per heavy atom. The Morgan fingerprint density at radius 3 is 2.62 bits per heavy atom. The van der Waals surface area contributed by atoms with Gasteiger partial charge >= 0.3 is 0 Å². The Hall–Kier alpha value is -1.71. The van der Waals surface area contributed by atoms with Gasteiger partial charge in [0.1, 0.15) is 5.75 Å². The molecule has 0 aromatic heterocycles. The molecule has 0 radical (unpaired) electrons. The summed E-state index contributed by atoms with van der Waals surface area (Å²) in [6.45, 7) is 7.85. The SMILES string of the molecule is Cc1ccc(OCCCN=C(N)N2CCC(C)CC2)cc1. The highest BCUT2D eigenvalue weighted by atomic mass is 16.5. The molecule has 116 valence electrons. The van der Waals surface area contributed by atoms with Crippen LogP contribution in [0, 0.1) is 12.8 Å². The number of hydrogen-bond donors (Lipinski definition) is 1. The van der Waals surface area contributed by atoms with E-state index in [1.165, 1.54) is 18.4 Å². The maximum atomic E-state index is 6.04. The lowest BCUT2D eigenvalue weighted by Gasteiger charge is -2.31. The van der Waals surface area contributed by atoms with Gasteiger partial charge in [-0.05, 0) is 37.8 Å². The van der Waals surface area contributed by atoms with Crippen LogP contribution in [0.2, 0.25) is 0 Å². The molecule has 1 aromatic carbocycles. The number of hydrogen-bond acceptors (Lipinski definition) is 2. The molecule has 0 saturated carbocycles. The average molecular weight is 289 g/mol. The van der Waals surface area contributed by atoms with Gasteiger partial charge < -0.3 is 15.4 Å². The third kappa shape index (κ3) is 5.29. The van der Waals surface area contributed by atoms with Gasteiger partial charge in [0.15, 0.2) is 5.96 Å². The highest BCUT2D eigenvalue weighted by molar-refractivity contribution is 5.78. The average Bonchev–Trinajstić information content (AvgIpc) is 2.49. The Bertz CT molecular complexity index is 448. The van der Waals surface area contributed by atoms with E-state index in [1.54, 1.807) is 0 Å². The van der Waals surface area contributed by atoms with Crippen molar-refractivity contribution in [2.45, 2.75) is 33.1 Å². The van der Waals surface area contributed by atoms with Gasteiger partial charge in [0, 0.05) is 26.1 Å². The first-order valence-corrected chi connectivity index (χ1v) is 7.89. The van der Waals surface area contributed by atoms with Gasteiger partial charge in [-0.15, -0.1) is 0 Å². The zero-order valence-electron chi connectivity index (χ0n) is 13.2. The van der Waals surface area contributed by atoms with Gasteiger partial charge in [-0.1, -0.05) is 24.6 Å². The van der Waals surface area contributed by atoms with Crippen molar-refractivity contribution in [2.24, 2.45) is 16.6 Å². The molecule has 2 N–H and O–H groups in total. The molecule has 0 bridgehead atoms. The molecule has 1 saturated heterocycles. The maximum Gasteiger partial charge on any atom is 0.191 e. The van der Waals surface area contributed by atoms with Crippen LogP contribution in [-0.4, -0.2) is 37.1 Å². The van der Waals surface area contributed by atoms with E-state index in [2.05, 4.69) is 35.9 Å². The smallest absolute Gasteiger partial charge is 0.191 e. The van der Waals surface area contributed by atoms with E-state index in [-0.39, 0.29) is 0 Å². The minimum atomic E-state index is 0.677. The molecule has 1 heterocycles. The van der Waals surface area contributed by atoms with Gasteiger partial charge in [-0.25, -0.2) is 0 Å². The second-order valence-corrected chi connectivity index (χ2v) is 5.92. The molecule has 1 aromatic rings. The van der Waals surface area contributed by atoms with Gasteiger partial charge in [0.2, 0.25) is 0 Å². The minimum Gasteiger partial charge on any atom is -0.494 e. The zero-order valence-corrected chi connectivity index (χ0v) is 13.2. The Balaban J connectivity index is 1.64. The summed E-state index contributed by atoms with van der Waals surface area (Å²) in [5.74, 6) is 2.43. The predicted octanol–water partition coefficient (Wildman–Crippen LogP) is 2.81. The van der Waals surface area contributed by atoms with Crippen molar-refractivity contribution in [3.63, 3.8) is 0 Å². The van der Waals surface area contributed by atoms with Crippen LogP contribution in [0.15, 0.2) is 29.3 Å². The third-order valence-corrected chi connectivity index (χ3v) is 3.97. The molecule has 0 amide bonds. The van der Waals surface area contributed by atoms with Crippen molar-refractivity contribution in [1.29, 1.82) is 0 Å². The number of aryl methyl sites for hydroxylation is 1. The number of benzene rings is 1. The van der Waals surface area contributed by atoms with Gasteiger partial charge in [-0.2, -0.15) is 0 Å². The summed E-state index contributed by atoms with van der Waals surface area (Å²) in [5.41, 5.74) is 7.28. The largest absolute Gasteiger partial charge is 0.494 e. The van der Waals surface area contributed by atoms with Crippen molar-refractivity contribution in [2.75, 3.05) is 26.2 Å². The topological polar surface area (TPSA) is 50.9 Å². The summed E-state index contributed by atoms with van der Waals surface area (Å²) in [6, 6.07) is 8.12. The van der Waals surface area contributed by atoms with Crippen LogP contribution in [0.1, 0.15) is 31.7 Å². The third-order valence-electron chi connectivity index (χ3n) is 3.97. The molecule has 1 aliphatic rings. The highest BCUT2D eigenvalue weighted by Crippen LogP contribution is 2.15. The first kappa shape index (κ1) is 15.7. The molecular formula is C17H27N3O. The van der Waals surface area contributed by atoms with Crippen LogP contribution in [0.5, 0.6) is 5.75 Å². The summed E-state index contributed by atoms with van der Waals surface area (Å²) in [4.78, 5) is 6.65. The van der Waals surface area contributed by atoms with Crippen LogP contribution in [0.25, 0.3) is 0 Å². The van der Waals surface area contributed by atoms with Gasteiger partial charge in [0.25, 0.3) is 0 Å². The molecular weight excluding hydrogens is 262 g/mol. The second-order valence-electron chi connectivity index (χ2n) is 5.92. The lowest BCUT2D eigenvalue weighted by atomic mass is 10.00. The zero-order chi connectivity index (χ0) is 15.1. The number of ether oxygens (including phenoxy) is 1. The van der Waals surface area contributed by atoms with Crippen LogP contribution < -0.4 is 10.5 Å². The molecule has 2 rings (SSSR count). The fourth-order valence-corrected chi connectivity index (χ4v) is 2.42. The monoisotopic (exact) mass is 289 g/mol. The number of nitrogens with two attached hydrogens (primary N) is 1. The first-order chi connectivity index (χ1) is 10.1. The van der Waals surface area contributed by atoms with Crippen molar-refractivity contribution >= 4 is 5.96 Å². The Kier molecular flexibility index (Phi) is 5.90. The minimum absolute atomic E-state index is 0.677. The van der Waals surface area contributed by atoms with E-state index in [9.17, 15) is 0 Å².